The lowest BCUT2D eigenvalue weighted by Crippen LogP contribution is -2.38. The number of amidine groups is 1. The van der Waals surface area contributed by atoms with E-state index in [1.165, 1.54) is 11.8 Å². The minimum atomic E-state index is -0.217. The fourth-order valence-corrected chi connectivity index (χ4v) is 4.84. The fraction of sp³-hybridized carbons (Fsp3) is 0.240. The van der Waals surface area contributed by atoms with Crippen molar-refractivity contribution < 1.29 is 14.3 Å². The number of ether oxygens (including phenoxy) is 2. The van der Waals surface area contributed by atoms with Crippen LogP contribution in [-0.2, 0) is 9.53 Å². The van der Waals surface area contributed by atoms with Crippen LogP contribution in [0, 0.1) is 6.92 Å². The average Bonchev–Trinajstić information content (AvgIpc) is 3.44. The molecule has 168 valence electrons. The largest absolute Gasteiger partial charge is 0.496 e. The Morgan fingerprint density at radius 2 is 1.91 bits per heavy atom. The quantitative estimate of drug-likeness (QED) is 0.545. The molecule has 1 saturated heterocycles. The van der Waals surface area contributed by atoms with Crippen molar-refractivity contribution in [2.45, 2.75) is 6.92 Å². The number of para-hydroxylation sites is 1. The number of carbonyl (C=O) groups excluding carboxylic acids is 1. The van der Waals surface area contributed by atoms with Crippen LogP contribution in [0.25, 0.3) is 23.0 Å². The Hall–Kier alpha value is -3.36. The Labute approximate surface area is 196 Å². The molecule has 1 fully saturated rings. The van der Waals surface area contributed by atoms with E-state index in [-0.39, 0.29) is 5.91 Å². The lowest BCUT2D eigenvalue weighted by atomic mass is 10.0. The molecule has 5 rings (SSSR count). The van der Waals surface area contributed by atoms with Crippen LogP contribution in [-0.4, -0.2) is 59.2 Å². The van der Waals surface area contributed by atoms with Gasteiger partial charge in [0.25, 0.3) is 5.91 Å². The highest BCUT2D eigenvalue weighted by molar-refractivity contribution is 8.18. The van der Waals surface area contributed by atoms with Gasteiger partial charge in [0.2, 0.25) is 0 Å². The van der Waals surface area contributed by atoms with Crippen LogP contribution in [0.4, 0.5) is 0 Å². The number of rotatable bonds is 4. The number of methoxy groups -OCH3 is 1. The van der Waals surface area contributed by atoms with Gasteiger partial charge in [0.1, 0.15) is 11.4 Å². The first-order chi connectivity index (χ1) is 16.1. The van der Waals surface area contributed by atoms with E-state index in [0.717, 1.165) is 52.1 Å². The number of morpholine rings is 1. The van der Waals surface area contributed by atoms with Gasteiger partial charge in [0, 0.05) is 30.4 Å². The van der Waals surface area contributed by atoms with E-state index in [1.807, 2.05) is 66.3 Å². The van der Waals surface area contributed by atoms with Gasteiger partial charge in [-0.05, 0) is 60.7 Å². The summed E-state index contributed by atoms with van der Waals surface area (Å²) in [4.78, 5) is 19.7. The number of aromatic nitrogens is 2. The van der Waals surface area contributed by atoms with E-state index in [4.69, 9.17) is 14.6 Å². The molecule has 8 heteroatoms. The van der Waals surface area contributed by atoms with Gasteiger partial charge in [-0.3, -0.25) is 4.79 Å². The van der Waals surface area contributed by atoms with Gasteiger partial charge in [0.05, 0.1) is 30.9 Å². The number of aliphatic imine (C=N–C) groups is 1. The Morgan fingerprint density at radius 3 is 2.64 bits per heavy atom. The van der Waals surface area contributed by atoms with Crippen molar-refractivity contribution >= 4 is 28.9 Å². The van der Waals surface area contributed by atoms with Gasteiger partial charge in [0.15, 0.2) is 5.17 Å². The van der Waals surface area contributed by atoms with Crippen molar-refractivity contribution in [3.8, 4) is 22.7 Å². The molecule has 0 saturated carbocycles. The third-order valence-corrected chi connectivity index (χ3v) is 6.65. The van der Waals surface area contributed by atoms with Crippen LogP contribution < -0.4 is 4.74 Å². The number of hydrogen-bond acceptors (Lipinski definition) is 6. The summed E-state index contributed by atoms with van der Waals surface area (Å²) in [6, 6.07) is 15.9. The highest BCUT2D eigenvalue weighted by Gasteiger charge is 2.28. The summed E-state index contributed by atoms with van der Waals surface area (Å²) in [5.74, 6) is 0.608. The number of hydrogen-bond donors (Lipinski definition) is 0. The molecule has 0 N–H and O–H groups in total. The zero-order chi connectivity index (χ0) is 22.8. The summed E-state index contributed by atoms with van der Waals surface area (Å²) in [6.07, 6.45) is 3.85. The van der Waals surface area contributed by atoms with Crippen LogP contribution in [0.2, 0.25) is 0 Å². The lowest BCUT2D eigenvalue weighted by Gasteiger charge is -2.27. The third kappa shape index (κ3) is 4.44. The zero-order valence-electron chi connectivity index (χ0n) is 18.5. The SMILES string of the molecule is COc1ccc(-c2nn(-c3ccccc3)cc2/C=C2\SC(N3CCOCC3)=NC2=O)cc1C. The normalized spacial score (nSPS) is 17.5. The predicted molar refractivity (Wildman–Crippen MR) is 131 cm³/mol. The van der Waals surface area contributed by atoms with Crippen LogP contribution in [0.3, 0.4) is 0 Å². The van der Waals surface area contributed by atoms with Crippen LogP contribution in [0.1, 0.15) is 11.1 Å². The molecule has 33 heavy (non-hydrogen) atoms. The summed E-state index contributed by atoms with van der Waals surface area (Å²) >= 11 is 1.41. The van der Waals surface area contributed by atoms with Crippen LogP contribution >= 0.6 is 11.8 Å². The molecular weight excluding hydrogens is 436 g/mol. The molecule has 0 radical (unpaired) electrons. The number of benzene rings is 2. The highest BCUT2D eigenvalue weighted by Crippen LogP contribution is 2.34. The fourth-order valence-electron chi connectivity index (χ4n) is 3.89. The van der Waals surface area contributed by atoms with E-state index >= 15 is 0 Å². The molecule has 0 bridgehead atoms. The molecule has 0 unspecified atom stereocenters. The summed E-state index contributed by atoms with van der Waals surface area (Å²) in [6.45, 7) is 4.80. The second-order valence-corrected chi connectivity index (χ2v) is 8.82. The third-order valence-electron chi connectivity index (χ3n) is 5.61. The molecule has 0 spiro atoms. The van der Waals surface area contributed by atoms with Crippen molar-refractivity contribution in [3.63, 3.8) is 0 Å². The van der Waals surface area contributed by atoms with E-state index in [2.05, 4.69) is 16.0 Å². The molecule has 3 aromatic rings. The summed E-state index contributed by atoms with van der Waals surface area (Å²) < 4.78 is 12.7. The second kappa shape index (κ2) is 9.25. The van der Waals surface area contributed by atoms with Gasteiger partial charge in [-0.1, -0.05) is 18.2 Å². The van der Waals surface area contributed by atoms with Gasteiger partial charge in [-0.15, -0.1) is 0 Å². The van der Waals surface area contributed by atoms with Gasteiger partial charge >= 0.3 is 0 Å². The maximum absolute atomic E-state index is 12.7. The first kappa shape index (κ1) is 21.5. The molecule has 2 aliphatic heterocycles. The van der Waals surface area contributed by atoms with Crippen molar-refractivity contribution in [1.29, 1.82) is 0 Å². The number of carbonyl (C=O) groups is 1. The van der Waals surface area contributed by atoms with Gasteiger partial charge in [-0.25, -0.2) is 4.68 Å². The van der Waals surface area contributed by atoms with Crippen molar-refractivity contribution in [3.05, 3.63) is 70.8 Å². The Bertz CT molecular complexity index is 1240. The van der Waals surface area contributed by atoms with E-state index < -0.39 is 0 Å². The van der Waals surface area contributed by atoms with E-state index in [0.29, 0.717) is 18.1 Å². The van der Waals surface area contributed by atoms with E-state index in [9.17, 15) is 4.79 Å². The Kier molecular flexibility index (Phi) is 6.02. The molecule has 1 amide bonds. The molecule has 2 aliphatic rings. The maximum Gasteiger partial charge on any atom is 0.286 e. The van der Waals surface area contributed by atoms with E-state index in [1.54, 1.807) is 7.11 Å². The molecule has 0 atom stereocenters. The summed E-state index contributed by atoms with van der Waals surface area (Å²) in [7, 11) is 1.66. The predicted octanol–water partition coefficient (Wildman–Crippen LogP) is 4.16. The first-order valence-electron chi connectivity index (χ1n) is 10.8. The number of amides is 1. The summed E-state index contributed by atoms with van der Waals surface area (Å²) in [5, 5.41) is 5.61. The molecule has 0 aliphatic carbocycles. The van der Waals surface area contributed by atoms with Crippen molar-refractivity contribution in [1.82, 2.24) is 14.7 Å². The zero-order valence-corrected chi connectivity index (χ0v) is 19.3. The van der Waals surface area contributed by atoms with Crippen LogP contribution in [0.5, 0.6) is 5.75 Å². The van der Waals surface area contributed by atoms with Gasteiger partial charge < -0.3 is 14.4 Å². The molecule has 7 nitrogen and oxygen atoms in total. The number of aryl methyl sites for hydroxylation is 1. The first-order valence-corrected chi connectivity index (χ1v) is 11.6. The Balaban J connectivity index is 1.53. The summed E-state index contributed by atoms with van der Waals surface area (Å²) in [5.41, 5.74) is 4.58. The maximum atomic E-state index is 12.7. The monoisotopic (exact) mass is 460 g/mol. The number of nitrogens with zero attached hydrogens (tertiary/aromatic N) is 4. The average molecular weight is 461 g/mol. The second-order valence-electron chi connectivity index (χ2n) is 7.81. The smallest absolute Gasteiger partial charge is 0.286 e. The topological polar surface area (TPSA) is 68.9 Å². The minimum absolute atomic E-state index is 0.217. The standard InChI is InChI=1S/C25H24N4O3S/c1-17-14-18(8-9-21(17)31-2)23-19(16-29(27-23)20-6-4-3-5-7-20)15-22-24(30)26-25(33-22)28-10-12-32-13-11-28/h3-9,14-16H,10-13H2,1-2H3/b22-15-. The Morgan fingerprint density at radius 1 is 1.12 bits per heavy atom. The van der Waals surface area contributed by atoms with Crippen molar-refractivity contribution in [2.24, 2.45) is 4.99 Å². The minimum Gasteiger partial charge on any atom is -0.496 e. The van der Waals surface area contributed by atoms with Crippen molar-refractivity contribution in [2.75, 3.05) is 33.4 Å². The van der Waals surface area contributed by atoms with Crippen LogP contribution in [0.15, 0.2) is 64.6 Å². The molecule has 2 aromatic carbocycles. The number of thioether (sulfide) groups is 1. The molecule has 1 aromatic heterocycles. The lowest BCUT2D eigenvalue weighted by molar-refractivity contribution is -0.113. The van der Waals surface area contributed by atoms with Gasteiger partial charge in [-0.2, -0.15) is 10.1 Å². The molecular formula is C25H24N4O3S. The highest BCUT2D eigenvalue weighted by atomic mass is 32.2. The molecule has 3 heterocycles.